The molecule has 124 valence electrons. The normalized spacial score (nSPS) is 23.4. The van der Waals surface area contributed by atoms with E-state index in [9.17, 15) is 21.2 Å². The predicted molar refractivity (Wildman–Crippen MR) is 80.3 cm³/mol. The van der Waals surface area contributed by atoms with Crippen molar-refractivity contribution in [1.82, 2.24) is 10.0 Å². The first-order valence-electron chi connectivity index (χ1n) is 6.86. The Hall–Kier alpha value is -1.03. The maximum absolute atomic E-state index is 13.8. The Morgan fingerprint density at radius 1 is 1.27 bits per heavy atom. The van der Waals surface area contributed by atoms with Gasteiger partial charge in [-0.15, -0.1) is 0 Å². The van der Waals surface area contributed by atoms with E-state index in [0.29, 0.717) is 6.42 Å². The Morgan fingerprint density at radius 3 is 2.50 bits per heavy atom. The largest absolute Gasteiger partial charge is 0.313 e. The molecule has 1 heterocycles. The third kappa shape index (κ3) is 3.83. The molecule has 0 aliphatic carbocycles. The van der Waals surface area contributed by atoms with Crippen molar-refractivity contribution in [3.05, 3.63) is 24.0 Å². The first-order chi connectivity index (χ1) is 10.1. The van der Waals surface area contributed by atoms with Crippen LogP contribution in [0.2, 0.25) is 0 Å². The molecule has 2 unspecified atom stereocenters. The molecule has 2 N–H and O–H groups in total. The number of hydrogen-bond donors (Lipinski definition) is 2. The summed E-state index contributed by atoms with van der Waals surface area (Å²) in [6.45, 7) is 2.71. The number of hydrogen-bond acceptors (Lipinski definition) is 5. The van der Waals surface area contributed by atoms with Gasteiger partial charge in [-0.2, -0.15) is 0 Å². The zero-order valence-corrected chi connectivity index (χ0v) is 14.0. The van der Waals surface area contributed by atoms with Gasteiger partial charge in [-0.25, -0.2) is 25.9 Å². The Kier molecular flexibility index (Phi) is 4.90. The standard InChI is InChI=1S/C13H19FN2O4S2/c1-9-12(4-3-7-15-9)16-22(19,20)10-5-6-13(11(14)8-10)21(2,17)18/h5-6,8-9,12,15-16H,3-4,7H2,1-2H3. The molecule has 2 atom stereocenters. The van der Waals surface area contributed by atoms with Gasteiger partial charge in [-0.1, -0.05) is 0 Å². The van der Waals surface area contributed by atoms with E-state index in [1.807, 2.05) is 6.92 Å². The number of nitrogens with one attached hydrogen (secondary N) is 2. The molecule has 0 bridgehead atoms. The van der Waals surface area contributed by atoms with Gasteiger partial charge in [0.25, 0.3) is 0 Å². The molecule has 1 aliphatic rings. The quantitative estimate of drug-likeness (QED) is 0.832. The number of benzene rings is 1. The average molecular weight is 350 g/mol. The van der Waals surface area contributed by atoms with E-state index in [4.69, 9.17) is 0 Å². The van der Waals surface area contributed by atoms with Crippen LogP contribution in [-0.4, -0.2) is 41.7 Å². The van der Waals surface area contributed by atoms with Crippen molar-refractivity contribution < 1.29 is 21.2 Å². The number of piperidine rings is 1. The molecular weight excluding hydrogens is 331 g/mol. The van der Waals surface area contributed by atoms with Gasteiger partial charge in [0.1, 0.15) is 10.7 Å². The summed E-state index contributed by atoms with van der Waals surface area (Å²) < 4.78 is 63.7. The van der Waals surface area contributed by atoms with Crippen LogP contribution < -0.4 is 10.0 Å². The van der Waals surface area contributed by atoms with E-state index >= 15 is 0 Å². The number of sulfone groups is 1. The van der Waals surface area contributed by atoms with Gasteiger partial charge in [-0.3, -0.25) is 0 Å². The highest BCUT2D eigenvalue weighted by molar-refractivity contribution is 7.90. The van der Waals surface area contributed by atoms with Gasteiger partial charge in [-0.05, 0) is 44.5 Å². The van der Waals surface area contributed by atoms with Crippen LogP contribution in [0.3, 0.4) is 0 Å². The summed E-state index contributed by atoms with van der Waals surface area (Å²) in [5.41, 5.74) is 0. The van der Waals surface area contributed by atoms with Crippen LogP contribution in [0.1, 0.15) is 19.8 Å². The summed E-state index contributed by atoms with van der Waals surface area (Å²) in [7, 11) is -7.63. The monoisotopic (exact) mass is 350 g/mol. The number of halogens is 1. The van der Waals surface area contributed by atoms with Crippen LogP contribution in [-0.2, 0) is 19.9 Å². The molecule has 0 saturated carbocycles. The van der Waals surface area contributed by atoms with Crippen LogP contribution in [0.15, 0.2) is 28.0 Å². The predicted octanol–water partition coefficient (Wildman–Crippen LogP) is 0.648. The lowest BCUT2D eigenvalue weighted by Gasteiger charge is -2.30. The summed E-state index contributed by atoms with van der Waals surface area (Å²) in [5.74, 6) is -1.07. The molecule has 1 aromatic carbocycles. The van der Waals surface area contributed by atoms with Crippen molar-refractivity contribution in [2.24, 2.45) is 0 Å². The maximum atomic E-state index is 13.8. The minimum atomic E-state index is -3.90. The van der Waals surface area contributed by atoms with Crippen LogP contribution in [0, 0.1) is 5.82 Å². The van der Waals surface area contributed by atoms with Gasteiger partial charge in [0.2, 0.25) is 10.0 Å². The fraction of sp³-hybridized carbons (Fsp3) is 0.538. The molecular formula is C13H19FN2O4S2. The fourth-order valence-electron chi connectivity index (χ4n) is 2.42. The highest BCUT2D eigenvalue weighted by Gasteiger charge is 2.27. The molecule has 0 spiro atoms. The highest BCUT2D eigenvalue weighted by Crippen LogP contribution is 2.20. The first-order valence-corrected chi connectivity index (χ1v) is 10.2. The molecule has 1 fully saturated rings. The third-order valence-corrected chi connectivity index (χ3v) is 6.30. The third-order valence-electron chi connectivity index (χ3n) is 3.68. The van der Waals surface area contributed by atoms with E-state index in [1.54, 1.807) is 0 Å². The zero-order chi connectivity index (χ0) is 16.5. The Balaban J connectivity index is 2.28. The molecule has 22 heavy (non-hydrogen) atoms. The first kappa shape index (κ1) is 17.3. The summed E-state index contributed by atoms with van der Waals surface area (Å²) >= 11 is 0. The van der Waals surface area contributed by atoms with Crippen LogP contribution >= 0.6 is 0 Å². The van der Waals surface area contributed by atoms with Gasteiger partial charge < -0.3 is 5.32 Å². The summed E-state index contributed by atoms with van der Waals surface area (Å²) in [6, 6.07) is 2.50. The molecule has 0 aromatic heterocycles. The lowest BCUT2D eigenvalue weighted by Crippen LogP contribution is -2.51. The Bertz CT molecular complexity index is 762. The van der Waals surface area contributed by atoms with Gasteiger partial charge in [0.05, 0.1) is 4.90 Å². The van der Waals surface area contributed by atoms with Crippen molar-refractivity contribution in [1.29, 1.82) is 0 Å². The van der Waals surface area contributed by atoms with Gasteiger partial charge in [0, 0.05) is 18.3 Å². The SMILES string of the molecule is CC1NCCCC1NS(=O)(=O)c1ccc(S(C)(=O)=O)c(F)c1. The molecule has 9 heteroatoms. The summed E-state index contributed by atoms with van der Waals surface area (Å²) in [6.07, 6.45) is 2.41. The molecule has 1 aromatic rings. The van der Waals surface area contributed by atoms with E-state index in [2.05, 4.69) is 10.0 Å². The van der Waals surface area contributed by atoms with E-state index in [0.717, 1.165) is 37.4 Å². The second-order valence-corrected chi connectivity index (χ2v) is 9.18. The van der Waals surface area contributed by atoms with Crippen molar-refractivity contribution in [3.8, 4) is 0 Å². The van der Waals surface area contributed by atoms with Crippen molar-refractivity contribution >= 4 is 19.9 Å². The number of sulfonamides is 1. The lowest BCUT2D eigenvalue weighted by atomic mass is 10.0. The van der Waals surface area contributed by atoms with E-state index in [1.165, 1.54) is 0 Å². The van der Waals surface area contributed by atoms with Crippen molar-refractivity contribution in [2.45, 2.75) is 41.6 Å². The maximum Gasteiger partial charge on any atom is 0.240 e. The average Bonchev–Trinajstić information content (AvgIpc) is 2.39. The highest BCUT2D eigenvalue weighted by atomic mass is 32.2. The molecule has 1 saturated heterocycles. The molecule has 2 rings (SSSR count). The van der Waals surface area contributed by atoms with Crippen molar-refractivity contribution in [2.75, 3.05) is 12.8 Å². The topological polar surface area (TPSA) is 92.3 Å². The molecule has 0 amide bonds. The van der Waals surface area contributed by atoms with Gasteiger partial charge in [0.15, 0.2) is 9.84 Å². The van der Waals surface area contributed by atoms with Crippen LogP contribution in [0.4, 0.5) is 4.39 Å². The van der Waals surface area contributed by atoms with Crippen molar-refractivity contribution in [3.63, 3.8) is 0 Å². The Labute approximate surface area is 130 Å². The summed E-state index contributed by atoms with van der Waals surface area (Å²) in [4.78, 5) is -0.797. The van der Waals surface area contributed by atoms with E-state index < -0.39 is 30.6 Å². The second kappa shape index (κ2) is 6.23. The van der Waals surface area contributed by atoms with Crippen LogP contribution in [0.5, 0.6) is 0 Å². The fourth-order valence-corrected chi connectivity index (χ4v) is 4.51. The second-order valence-electron chi connectivity index (χ2n) is 5.48. The smallest absolute Gasteiger partial charge is 0.240 e. The zero-order valence-electron chi connectivity index (χ0n) is 12.3. The molecule has 1 aliphatic heterocycles. The summed E-state index contributed by atoms with van der Waals surface area (Å²) in [5, 5.41) is 3.17. The Morgan fingerprint density at radius 2 is 1.95 bits per heavy atom. The molecule has 0 radical (unpaired) electrons. The van der Waals surface area contributed by atoms with E-state index in [-0.39, 0.29) is 17.0 Å². The minimum absolute atomic E-state index is 0.0244. The van der Waals surface area contributed by atoms with Gasteiger partial charge >= 0.3 is 0 Å². The van der Waals surface area contributed by atoms with Crippen LogP contribution in [0.25, 0.3) is 0 Å². The minimum Gasteiger partial charge on any atom is -0.313 e. The molecule has 6 nitrogen and oxygen atoms in total. The lowest BCUT2D eigenvalue weighted by molar-refractivity contribution is 0.348. The number of rotatable bonds is 4.